The molecule has 25 heavy (non-hydrogen) atoms. The van der Waals surface area contributed by atoms with Crippen molar-refractivity contribution in [3.63, 3.8) is 0 Å². The summed E-state index contributed by atoms with van der Waals surface area (Å²) in [4.78, 5) is 16.5. The van der Waals surface area contributed by atoms with Crippen LogP contribution in [0.25, 0.3) is 0 Å². The lowest BCUT2D eigenvalue weighted by Gasteiger charge is -2.09. The molecule has 1 aromatic heterocycles. The largest absolute Gasteiger partial charge is 0.383 e. The number of amides is 1. The van der Waals surface area contributed by atoms with E-state index in [1.54, 1.807) is 12.1 Å². The number of aromatic nitrogens is 1. The van der Waals surface area contributed by atoms with Crippen LogP contribution in [0.5, 0.6) is 0 Å². The molecule has 4 heteroatoms. The molecule has 3 aromatic rings. The van der Waals surface area contributed by atoms with Gasteiger partial charge in [0.15, 0.2) is 0 Å². The van der Waals surface area contributed by atoms with Crippen molar-refractivity contribution in [3.8, 4) is 0 Å². The zero-order valence-electron chi connectivity index (χ0n) is 14.2. The Morgan fingerprint density at radius 2 is 1.68 bits per heavy atom. The normalized spacial score (nSPS) is 10.4. The summed E-state index contributed by atoms with van der Waals surface area (Å²) >= 11 is 0. The number of nitrogens with one attached hydrogen (secondary N) is 1. The summed E-state index contributed by atoms with van der Waals surface area (Å²) in [7, 11) is 0. The highest BCUT2D eigenvalue weighted by Crippen LogP contribution is 2.16. The predicted molar refractivity (Wildman–Crippen MR) is 102 cm³/mol. The van der Waals surface area contributed by atoms with E-state index in [4.69, 9.17) is 5.73 Å². The molecule has 2 aromatic carbocycles. The fourth-order valence-corrected chi connectivity index (χ4v) is 2.71. The molecule has 0 fully saturated rings. The minimum Gasteiger partial charge on any atom is -0.383 e. The zero-order valence-corrected chi connectivity index (χ0v) is 14.2. The number of nitrogen functional groups attached to an aromatic ring is 1. The Hall–Kier alpha value is -3.14. The average Bonchev–Trinajstić information content (AvgIpc) is 2.61. The van der Waals surface area contributed by atoms with E-state index in [1.807, 2.05) is 43.3 Å². The summed E-state index contributed by atoms with van der Waals surface area (Å²) < 4.78 is 0. The van der Waals surface area contributed by atoms with E-state index in [2.05, 4.69) is 28.5 Å². The molecule has 0 atom stereocenters. The Balaban J connectivity index is 1.68. The van der Waals surface area contributed by atoms with E-state index in [0.717, 1.165) is 24.2 Å². The third kappa shape index (κ3) is 4.44. The molecule has 0 aliphatic rings. The summed E-state index contributed by atoms with van der Waals surface area (Å²) in [5, 5.41) is 2.90. The van der Waals surface area contributed by atoms with E-state index < -0.39 is 0 Å². The van der Waals surface area contributed by atoms with Crippen molar-refractivity contribution in [2.24, 2.45) is 0 Å². The molecule has 4 nitrogen and oxygen atoms in total. The second kappa shape index (κ2) is 7.62. The quantitative estimate of drug-likeness (QED) is 0.742. The summed E-state index contributed by atoms with van der Waals surface area (Å²) in [6, 6.07) is 21.7. The maximum atomic E-state index is 12.4. The predicted octanol–water partition coefficient (Wildman–Crippen LogP) is 4.01. The zero-order chi connectivity index (χ0) is 17.6. The summed E-state index contributed by atoms with van der Waals surface area (Å²) in [6.07, 6.45) is 1.88. The first-order chi connectivity index (χ1) is 12.1. The SMILES string of the molecule is Cc1ccc(C(=O)Nc2cccc(CCc3ccccc3)c2)c(N)n1. The highest BCUT2D eigenvalue weighted by molar-refractivity contribution is 6.07. The molecule has 126 valence electrons. The molecular weight excluding hydrogens is 310 g/mol. The van der Waals surface area contributed by atoms with Gasteiger partial charge in [0.1, 0.15) is 5.82 Å². The average molecular weight is 331 g/mol. The van der Waals surface area contributed by atoms with Gasteiger partial charge in [-0.1, -0.05) is 42.5 Å². The summed E-state index contributed by atoms with van der Waals surface area (Å²) in [5.41, 5.74) is 10.3. The van der Waals surface area contributed by atoms with Crippen LogP contribution in [0.1, 0.15) is 27.2 Å². The smallest absolute Gasteiger partial charge is 0.259 e. The number of nitrogens with zero attached hydrogens (tertiary/aromatic N) is 1. The Labute approximate surface area is 147 Å². The van der Waals surface area contributed by atoms with Gasteiger partial charge in [-0.05, 0) is 55.2 Å². The van der Waals surface area contributed by atoms with Gasteiger partial charge in [0.25, 0.3) is 5.91 Å². The molecule has 0 aliphatic carbocycles. The van der Waals surface area contributed by atoms with Crippen LogP contribution >= 0.6 is 0 Å². The maximum absolute atomic E-state index is 12.4. The topological polar surface area (TPSA) is 68.0 Å². The van der Waals surface area contributed by atoms with Crippen LogP contribution in [0.15, 0.2) is 66.7 Å². The number of nitrogens with two attached hydrogens (primary N) is 1. The number of pyridine rings is 1. The first-order valence-electron chi connectivity index (χ1n) is 8.29. The first-order valence-corrected chi connectivity index (χ1v) is 8.29. The standard InChI is InChI=1S/C21H21N3O/c1-15-10-13-19(20(22)23-15)21(25)24-18-9-5-8-17(14-18)12-11-16-6-3-2-4-7-16/h2-10,13-14H,11-12H2,1H3,(H2,22,23)(H,24,25). The monoisotopic (exact) mass is 331 g/mol. The second-order valence-corrected chi connectivity index (χ2v) is 6.03. The van der Waals surface area contributed by atoms with E-state index in [9.17, 15) is 4.79 Å². The highest BCUT2D eigenvalue weighted by atomic mass is 16.1. The van der Waals surface area contributed by atoms with Crippen LogP contribution in [-0.4, -0.2) is 10.9 Å². The van der Waals surface area contributed by atoms with Gasteiger partial charge in [-0.25, -0.2) is 4.98 Å². The van der Waals surface area contributed by atoms with Gasteiger partial charge in [-0.15, -0.1) is 0 Å². The van der Waals surface area contributed by atoms with Gasteiger partial charge in [0.2, 0.25) is 0 Å². The third-order valence-electron chi connectivity index (χ3n) is 4.04. The Morgan fingerprint density at radius 1 is 0.960 bits per heavy atom. The molecule has 3 N–H and O–H groups in total. The van der Waals surface area contributed by atoms with Gasteiger partial charge in [-0.3, -0.25) is 4.79 Å². The molecule has 0 spiro atoms. The third-order valence-corrected chi connectivity index (χ3v) is 4.04. The Kier molecular flexibility index (Phi) is 5.09. The van der Waals surface area contributed by atoms with Crippen molar-refractivity contribution >= 4 is 17.4 Å². The number of carbonyl (C=O) groups is 1. The minimum atomic E-state index is -0.245. The molecular formula is C21H21N3O. The fourth-order valence-electron chi connectivity index (χ4n) is 2.71. The Bertz CT molecular complexity index is 875. The van der Waals surface area contributed by atoms with Crippen LogP contribution < -0.4 is 11.1 Å². The van der Waals surface area contributed by atoms with Gasteiger partial charge in [0.05, 0.1) is 5.56 Å². The number of anilines is 2. The van der Waals surface area contributed by atoms with Crippen LogP contribution in [0.3, 0.4) is 0 Å². The summed E-state index contributed by atoms with van der Waals surface area (Å²) in [5.74, 6) is 0.00272. The van der Waals surface area contributed by atoms with Crippen molar-refractivity contribution < 1.29 is 4.79 Å². The fraction of sp³-hybridized carbons (Fsp3) is 0.143. The Morgan fingerprint density at radius 3 is 2.44 bits per heavy atom. The van der Waals surface area contributed by atoms with Gasteiger partial charge in [0, 0.05) is 11.4 Å². The van der Waals surface area contributed by atoms with Gasteiger partial charge in [-0.2, -0.15) is 0 Å². The molecule has 0 radical (unpaired) electrons. The number of benzene rings is 2. The molecule has 0 unspecified atom stereocenters. The number of rotatable bonds is 5. The van der Waals surface area contributed by atoms with Crippen molar-refractivity contribution in [2.45, 2.75) is 19.8 Å². The molecule has 0 saturated carbocycles. The summed E-state index contributed by atoms with van der Waals surface area (Å²) in [6.45, 7) is 1.84. The molecule has 1 amide bonds. The van der Waals surface area contributed by atoms with E-state index >= 15 is 0 Å². The van der Waals surface area contributed by atoms with Crippen molar-refractivity contribution in [1.29, 1.82) is 0 Å². The number of aryl methyl sites for hydroxylation is 3. The number of carbonyl (C=O) groups excluding carboxylic acids is 1. The van der Waals surface area contributed by atoms with Crippen molar-refractivity contribution in [3.05, 3.63) is 89.1 Å². The maximum Gasteiger partial charge on any atom is 0.259 e. The minimum absolute atomic E-state index is 0.245. The van der Waals surface area contributed by atoms with Gasteiger partial charge < -0.3 is 11.1 Å². The van der Waals surface area contributed by atoms with Crippen LogP contribution in [0, 0.1) is 6.92 Å². The molecule has 3 rings (SSSR count). The number of hydrogen-bond acceptors (Lipinski definition) is 3. The lowest BCUT2D eigenvalue weighted by Crippen LogP contribution is -2.15. The highest BCUT2D eigenvalue weighted by Gasteiger charge is 2.11. The van der Waals surface area contributed by atoms with Crippen LogP contribution in [-0.2, 0) is 12.8 Å². The number of hydrogen-bond donors (Lipinski definition) is 2. The van der Waals surface area contributed by atoms with E-state index in [1.165, 1.54) is 11.1 Å². The van der Waals surface area contributed by atoms with Crippen LogP contribution in [0.2, 0.25) is 0 Å². The molecule has 0 bridgehead atoms. The lowest BCUT2D eigenvalue weighted by atomic mass is 10.0. The van der Waals surface area contributed by atoms with E-state index in [-0.39, 0.29) is 11.7 Å². The van der Waals surface area contributed by atoms with Crippen molar-refractivity contribution in [1.82, 2.24) is 4.98 Å². The molecule has 0 aliphatic heterocycles. The van der Waals surface area contributed by atoms with Crippen LogP contribution in [0.4, 0.5) is 11.5 Å². The van der Waals surface area contributed by atoms with Gasteiger partial charge >= 0.3 is 0 Å². The van der Waals surface area contributed by atoms with Crippen molar-refractivity contribution in [2.75, 3.05) is 11.1 Å². The first kappa shape index (κ1) is 16.7. The molecule has 0 saturated heterocycles. The second-order valence-electron chi connectivity index (χ2n) is 6.03. The molecule has 1 heterocycles. The lowest BCUT2D eigenvalue weighted by molar-refractivity contribution is 0.102. The van der Waals surface area contributed by atoms with E-state index in [0.29, 0.717) is 5.56 Å².